The lowest BCUT2D eigenvalue weighted by Crippen LogP contribution is -2.63. The average Bonchev–Trinajstić information content (AvgIpc) is 3.44. The van der Waals surface area contributed by atoms with Crippen molar-refractivity contribution < 1.29 is 23.8 Å². The number of fused-ring (bicyclic) bond motifs is 7. The van der Waals surface area contributed by atoms with Crippen molar-refractivity contribution in [2.24, 2.45) is 52.3 Å². The largest absolute Gasteiger partial charge is 0.379 e. The summed E-state index contributed by atoms with van der Waals surface area (Å²) in [5, 5.41) is 3.31. The number of nitrogens with zero attached hydrogens (tertiary/aromatic N) is 2. The molecule has 1 unspecified atom stereocenters. The predicted octanol–water partition coefficient (Wildman–Crippen LogP) is 4.85. The maximum Gasteiger partial charge on any atom is 0.232 e. The first-order chi connectivity index (χ1) is 21.6. The van der Waals surface area contributed by atoms with Gasteiger partial charge in [-0.1, -0.05) is 27.7 Å². The van der Waals surface area contributed by atoms with Crippen molar-refractivity contribution in [3.8, 4) is 0 Å². The third-order valence-corrected chi connectivity index (χ3v) is 15.4. The van der Waals surface area contributed by atoms with E-state index in [1.54, 1.807) is 0 Å². The number of rotatable bonds is 4. The second kappa shape index (κ2) is 11.4. The molecule has 0 aromatic carbocycles. The van der Waals surface area contributed by atoms with Gasteiger partial charge in [0.15, 0.2) is 5.79 Å². The molecule has 0 bridgehead atoms. The van der Waals surface area contributed by atoms with Crippen LogP contribution < -0.4 is 5.32 Å². The molecule has 45 heavy (non-hydrogen) atoms. The number of carbonyl (C=O) groups is 2. The van der Waals surface area contributed by atoms with Gasteiger partial charge in [0, 0.05) is 50.6 Å². The molecule has 12 atom stereocenters. The van der Waals surface area contributed by atoms with E-state index in [9.17, 15) is 9.59 Å². The third kappa shape index (κ3) is 5.04. The van der Waals surface area contributed by atoms with Crippen molar-refractivity contribution >= 4 is 11.8 Å². The molecule has 4 saturated heterocycles. The Morgan fingerprint density at radius 3 is 2.42 bits per heavy atom. The molecule has 4 saturated carbocycles. The Bertz CT molecular complexity index is 1140. The minimum Gasteiger partial charge on any atom is -0.379 e. The molecule has 4 aliphatic heterocycles. The number of hydrogen-bond donors (Lipinski definition) is 1. The normalized spacial score (nSPS) is 49.9. The monoisotopic (exact) mass is 625 g/mol. The van der Waals surface area contributed by atoms with Crippen LogP contribution in [0, 0.1) is 52.3 Å². The summed E-state index contributed by atoms with van der Waals surface area (Å²) in [5.41, 5.74) is 0.724. The predicted molar refractivity (Wildman–Crippen MR) is 171 cm³/mol. The van der Waals surface area contributed by atoms with Crippen molar-refractivity contribution in [1.82, 2.24) is 15.1 Å². The lowest BCUT2D eigenvalue weighted by molar-refractivity contribution is -0.273. The second-order valence-electron chi connectivity index (χ2n) is 17.5. The van der Waals surface area contributed by atoms with Crippen molar-refractivity contribution in [1.29, 1.82) is 0 Å². The summed E-state index contributed by atoms with van der Waals surface area (Å²) >= 11 is 0. The van der Waals surface area contributed by atoms with E-state index in [-0.39, 0.29) is 30.1 Å². The number of hydrogen-bond acceptors (Lipinski definition) is 6. The molecule has 8 rings (SSSR count). The van der Waals surface area contributed by atoms with E-state index in [4.69, 9.17) is 14.2 Å². The lowest BCUT2D eigenvalue weighted by Gasteiger charge is -2.61. The molecule has 252 valence electrons. The molecule has 8 aliphatic rings. The van der Waals surface area contributed by atoms with Crippen molar-refractivity contribution in [2.75, 3.05) is 46.0 Å². The molecule has 8 fully saturated rings. The minimum absolute atomic E-state index is 0.00654. The zero-order valence-electron chi connectivity index (χ0n) is 28.4. The van der Waals surface area contributed by atoms with E-state index in [0.29, 0.717) is 46.6 Å². The lowest BCUT2D eigenvalue weighted by atomic mass is 9.44. The maximum atomic E-state index is 13.0. The van der Waals surface area contributed by atoms with Crippen LogP contribution in [0.2, 0.25) is 0 Å². The Morgan fingerprint density at radius 1 is 0.889 bits per heavy atom. The van der Waals surface area contributed by atoms with Gasteiger partial charge in [0.2, 0.25) is 11.8 Å². The van der Waals surface area contributed by atoms with Crippen LogP contribution in [0.25, 0.3) is 0 Å². The van der Waals surface area contributed by atoms with Gasteiger partial charge in [-0.2, -0.15) is 0 Å². The molecular weight excluding hydrogens is 566 g/mol. The first kappa shape index (κ1) is 31.1. The zero-order chi connectivity index (χ0) is 31.1. The number of likely N-dealkylation sites (tertiary alicyclic amines) is 1. The van der Waals surface area contributed by atoms with Crippen LogP contribution >= 0.6 is 0 Å². The van der Waals surface area contributed by atoms with Gasteiger partial charge in [0.05, 0.1) is 25.9 Å². The first-order valence-corrected chi connectivity index (χ1v) is 18.8. The van der Waals surface area contributed by atoms with E-state index in [1.165, 1.54) is 44.9 Å². The summed E-state index contributed by atoms with van der Waals surface area (Å²) in [7, 11) is 0. The fraction of sp³-hybridized carbons (Fsp3) is 0.946. The summed E-state index contributed by atoms with van der Waals surface area (Å²) in [6, 6.07) is 0.636. The smallest absolute Gasteiger partial charge is 0.232 e. The molecule has 2 amide bonds. The summed E-state index contributed by atoms with van der Waals surface area (Å²) in [5.74, 6) is 4.34. The molecule has 0 aromatic heterocycles. The fourth-order valence-electron chi connectivity index (χ4n) is 12.8. The van der Waals surface area contributed by atoms with Gasteiger partial charge in [-0.25, -0.2) is 0 Å². The molecule has 1 spiro atoms. The van der Waals surface area contributed by atoms with Crippen LogP contribution in [0.4, 0.5) is 0 Å². The van der Waals surface area contributed by atoms with Gasteiger partial charge < -0.3 is 24.4 Å². The number of ether oxygens (including phenoxy) is 3. The maximum absolute atomic E-state index is 13.0. The Balaban J connectivity index is 0.853. The van der Waals surface area contributed by atoms with Gasteiger partial charge in [-0.05, 0) is 104 Å². The molecule has 8 heteroatoms. The topological polar surface area (TPSA) is 80.3 Å². The fourth-order valence-corrected chi connectivity index (χ4v) is 12.8. The van der Waals surface area contributed by atoms with E-state index in [2.05, 4.69) is 37.9 Å². The van der Waals surface area contributed by atoms with Crippen LogP contribution in [-0.2, 0) is 23.8 Å². The molecule has 4 aliphatic carbocycles. The summed E-state index contributed by atoms with van der Waals surface area (Å²) in [4.78, 5) is 30.2. The van der Waals surface area contributed by atoms with Crippen LogP contribution in [0.5, 0.6) is 0 Å². The van der Waals surface area contributed by atoms with Crippen LogP contribution in [0.1, 0.15) is 98.3 Å². The highest BCUT2D eigenvalue weighted by Gasteiger charge is 2.69. The molecular formula is C37H59N3O5. The second-order valence-corrected chi connectivity index (χ2v) is 17.5. The average molecular weight is 626 g/mol. The molecule has 1 N–H and O–H groups in total. The van der Waals surface area contributed by atoms with Gasteiger partial charge in [0.25, 0.3) is 0 Å². The third-order valence-electron chi connectivity index (χ3n) is 15.4. The first-order valence-electron chi connectivity index (χ1n) is 18.8. The van der Waals surface area contributed by atoms with Gasteiger partial charge in [-0.15, -0.1) is 0 Å². The summed E-state index contributed by atoms with van der Waals surface area (Å²) in [6.07, 6.45) is 12.5. The van der Waals surface area contributed by atoms with Gasteiger partial charge in [0.1, 0.15) is 6.42 Å². The number of nitrogens with one attached hydrogen (secondary N) is 1. The van der Waals surface area contributed by atoms with E-state index in [0.717, 1.165) is 83.0 Å². The van der Waals surface area contributed by atoms with Gasteiger partial charge in [-0.3, -0.25) is 14.5 Å². The SMILES string of the molecule is C[C@@H]1CC[C@@]2(OC1)O[C@H]1C[C@H]3[C@@H]4CC[C@@H]5C[C@@H](NC(=O)CC(=O)N6CC(N7CCOCC7)C6)CC[C@]5(C)C4CC[C@]3(C)[C@H]1[C@@H]2C. The summed E-state index contributed by atoms with van der Waals surface area (Å²) < 4.78 is 19.0. The quantitative estimate of drug-likeness (QED) is 0.450. The Morgan fingerprint density at radius 2 is 1.67 bits per heavy atom. The highest BCUT2D eigenvalue weighted by atomic mass is 16.7. The molecule has 8 nitrogen and oxygen atoms in total. The van der Waals surface area contributed by atoms with Crippen LogP contribution in [0.3, 0.4) is 0 Å². The van der Waals surface area contributed by atoms with Crippen molar-refractivity contribution in [2.45, 2.75) is 122 Å². The van der Waals surface area contributed by atoms with Gasteiger partial charge >= 0.3 is 0 Å². The van der Waals surface area contributed by atoms with E-state index < -0.39 is 0 Å². The minimum atomic E-state index is -0.329. The highest BCUT2D eigenvalue weighted by molar-refractivity contribution is 5.97. The number of amides is 2. The Labute approximate surface area is 271 Å². The van der Waals surface area contributed by atoms with Crippen LogP contribution in [-0.4, -0.2) is 91.6 Å². The Kier molecular flexibility index (Phi) is 7.90. The number of carbonyl (C=O) groups excluding carboxylic acids is 2. The van der Waals surface area contributed by atoms with E-state index in [1.807, 2.05) is 4.90 Å². The summed E-state index contributed by atoms with van der Waals surface area (Å²) in [6.45, 7) is 15.8. The standard InChI is InChI=1S/C37H59N3O5/c1-23-7-12-37(44-22-23)24(2)34-31(45-37)18-30-28-6-5-25-17-26(8-10-35(25,3)29(28)9-11-36(30,34)4)38-32(41)19-33(42)40-20-27(21-40)39-13-15-43-16-14-39/h23-31,34H,5-22H2,1-4H3,(H,38,41)/t23-,24+,25-,26+,28-,29?,30+,31+,34+,35+,36+,37-/m1/s1. The van der Waals surface area contributed by atoms with Crippen molar-refractivity contribution in [3.63, 3.8) is 0 Å². The Hall–Kier alpha value is -1.22. The van der Waals surface area contributed by atoms with E-state index >= 15 is 0 Å². The zero-order valence-corrected chi connectivity index (χ0v) is 28.4. The molecule has 4 heterocycles. The van der Waals surface area contributed by atoms with Crippen LogP contribution in [0.15, 0.2) is 0 Å². The molecule has 0 radical (unpaired) electrons. The number of morpholine rings is 1. The highest BCUT2D eigenvalue weighted by Crippen LogP contribution is 2.71. The molecule has 0 aromatic rings. The van der Waals surface area contributed by atoms with Crippen molar-refractivity contribution in [3.05, 3.63) is 0 Å².